The normalized spacial score (nSPS) is 20.2. The maximum Gasteiger partial charge on any atom is 0.0573 e. The summed E-state index contributed by atoms with van der Waals surface area (Å²) < 4.78 is 0. The number of hydrogen-bond acceptors (Lipinski definition) is 3. The van der Waals surface area contributed by atoms with Crippen LogP contribution in [0.25, 0.3) is 0 Å². The molecule has 4 heteroatoms. The lowest BCUT2D eigenvalue weighted by Crippen LogP contribution is -2.34. The van der Waals surface area contributed by atoms with Gasteiger partial charge in [-0.25, -0.2) is 0 Å². The molecule has 0 aliphatic carbocycles. The molecular weight excluding hydrogens is 248 g/mol. The molecule has 3 heterocycles. The van der Waals surface area contributed by atoms with E-state index in [4.69, 9.17) is 0 Å². The molecule has 1 saturated heterocycles. The van der Waals surface area contributed by atoms with Crippen molar-refractivity contribution >= 4 is 0 Å². The van der Waals surface area contributed by atoms with Crippen LogP contribution in [-0.2, 0) is 6.54 Å². The van der Waals surface area contributed by atoms with E-state index in [0.29, 0.717) is 6.04 Å². The van der Waals surface area contributed by atoms with Gasteiger partial charge in [0.05, 0.1) is 23.6 Å². The summed E-state index contributed by atoms with van der Waals surface area (Å²) in [6, 6.07) is 4.60. The third-order valence-corrected chi connectivity index (χ3v) is 4.29. The largest absolute Gasteiger partial charge is 0.289 e. The topological polar surface area (TPSA) is 44.8 Å². The number of aromatic amines is 1. The zero-order valence-corrected chi connectivity index (χ0v) is 12.3. The number of nitrogens with zero attached hydrogens (tertiary/aromatic N) is 3. The highest BCUT2D eigenvalue weighted by molar-refractivity contribution is 5.21. The zero-order valence-electron chi connectivity index (χ0n) is 12.3. The van der Waals surface area contributed by atoms with Crippen molar-refractivity contribution in [3.8, 4) is 0 Å². The first-order valence-corrected chi connectivity index (χ1v) is 7.40. The SMILES string of the molecule is Cc1cccnc1CN1CCCC[C@H]1c1[nH]ncc1C. The fourth-order valence-electron chi connectivity index (χ4n) is 3.08. The molecule has 0 radical (unpaired) electrons. The van der Waals surface area contributed by atoms with E-state index in [2.05, 4.69) is 40.0 Å². The summed E-state index contributed by atoms with van der Waals surface area (Å²) in [7, 11) is 0. The van der Waals surface area contributed by atoms with Gasteiger partial charge < -0.3 is 0 Å². The summed E-state index contributed by atoms with van der Waals surface area (Å²) in [6.45, 7) is 6.34. The number of rotatable bonds is 3. The average Bonchev–Trinajstić information content (AvgIpc) is 2.88. The predicted molar refractivity (Wildman–Crippen MR) is 79.3 cm³/mol. The number of H-pyrrole nitrogens is 1. The summed E-state index contributed by atoms with van der Waals surface area (Å²) in [5, 5.41) is 7.38. The molecule has 1 N–H and O–H groups in total. The third-order valence-electron chi connectivity index (χ3n) is 4.29. The molecule has 4 nitrogen and oxygen atoms in total. The minimum atomic E-state index is 0.452. The number of pyridine rings is 1. The average molecular weight is 270 g/mol. The van der Waals surface area contributed by atoms with Gasteiger partial charge in [0.1, 0.15) is 0 Å². The summed E-state index contributed by atoms with van der Waals surface area (Å²) >= 11 is 0. The molecule has 0 unspecified atom stereocenters. The maximum atomic E-state index is 4.54. The minimum absolute atomic E-state index is 0.452. The molecule has 0 spiro atoms. The van der Waals surface area contributed by atoms with Crippen molar-refractivity contribution in [1.82, 2.24) is 20.1 Å². The number of piperidine rings is 1. The van der Waals surface area contributed by atoms with Crippen molar-refractivity contribution in [3.05, 3.63) is 47.0 Å². The lowest BCUT2D eigenvalue weighted by molar-refractivity contribution is 0.135. The minimum Gasteiger partial charge on any atom is -0.289 e. The first kappa shape index (κ1) is 13.3. The van der Waals surface area contributed by atoms with Gasteiger partial charge >= 0.3 is 0 Å². The van der Waals surface area contributed by atoms with E-state index in [0.717, 1.165) is 13.1 Å². The fourth-order valence-corrected chi connectivity index (χ4v) is 3.08. The maximum absolute atomic E-state index is 4.54. The molecule has 1 aliphatic heterocycles. The fraction of sp³-hybridized carbons (Fsp3) is 0.500. The lowest BCUT2D eigenvalue weighted by atomic mass is 9.97. The van der Waals surface area contributed by atoms with Crippen LogP contribution >= 0.6 is 0 Å². The van der Waals surface area contributed by atoms with Crippen LogP contribution in [0.5, 0.6) is 0 Å². The molecule has 1 fully saturated rings. The van der Waals surface area contributed by atoms with Crippen LogP contribution in [0.3, 0.4) is 0 Å². The number of hydrogen-bond donors (Lipinski definition) is 1. The molecule has 3 rings (SSSR count). The van der Waals surface area contributed by atoms with Crippen molar-refractivity contribution in [1.29, 1.82) is 0 Å². The Kier molecular flexibility index (Phi) is 3.83. The van der Waals surface area contributed by atoms with Crippen LogP contribution < -0.4 is 0 Å². The second-order valence-electron chi connectivity index (χ2n) is 5.72. The summed E-state index contributed by atoms with van der Waals surface area (Å²) in [5.74, 6) is 0. The van der Waals surface area contributed by atoms with Crippen molar-refractivity contribution in [2.45, 2.75) is 45.7 Å². The molecule has 0 aromatic carbocycles. The van der Waals surface area contributed by atoms with Gasteiger partial charge in [-0.15, -0.1) is 0 Å². The summed E-state index contributed by atoms with van der Waals surface area (Å²) in [5.41, 5.74) is 5.01. The van der Waals surface area contributed by atoms with Crippen molar-refractivity contribution in [3.63, 3.8) is 0 Å². The number of nitrogens with one attached hydrogen (secondary N) is 1. The van der Waals surface area contributed by atoms with E-state index >= 15 is 0 Å². The Balaban J connectivity index is 1.83. The third kappa shape index (κ3) is 2.61. The molecule has 0 saturated carbocycles. The van der Waals surface area contributed by atoms with Gasteiger partial charge in [0.25, 0.3) is 0 Å². The van der Waals surface area contributed by atoms with E-state index in [1.165, 1.54) is 41.8 Å². The Bertz CT molecular complexity index is 575. The molecule has 2 aromatic rings. The van der Waals surface area contributed by atoms with Crippen LogP contribution in [0.15, 0.2) is 24.5 Å². The van der Waals surface area contributed by atoms with E-state index < -0.39 is 0 Å². The van der Waals surface area contributed by atoms with E-state index in [1.54, 1.807) is 0 Å². The first-order chi connectivity index (χ1) is 9.75. The zero-order chi connectivity index (χ0) is 13.9. The Morgan fingerprint density at radius 2 is 2.20 bits per heavy atom. The summed E-state index contributed by atoms with van der Waals surface area (Å²) in [4.78, 5) is 7.08. The van der Waals surface area contributed by atoms with Crippen LogP contribution in [-0.4, -0.2) is 26.6 Å². The molecule has 0 bridgehead atoms. The standard InChI is InChI=1S/C16H22N4/c1-12-6-5-8-17-14(12)11-20-9-4-3-7-15(20)16-13(2)10-18-19-16/h5-6,8,10,15H,3-4,7,9,11H2,1-2H3,(H,18,19)/t15-/m0/s1. The Morgan fingerprint density at radius 3 is 2.95 bits per heavy atom. The highest BCUT2D eigenvalue weighted by Gasteiger charge is 2.26. The predicted octanol–water partition coefficient (Wildman–Crippen LogP) is 3.15. The van der Waals surface area contributed by atoms with Crippen LogP contribution in [0, 0.1) is 13.8 Å². The first-order valence-electron chi connectivity index (χ1n) is 7.40. The van der Waals surface area contributed by atoms with Crippen molar-refractivity contribution in [2.75, 3.05) is 6.54 Å². The molecule has 1 atom stereocenters. The Hall–Kier alpha value is -1.68. The van der Waals surface area contributed by atoms with Gasteiger partial charge in [-0.1, -0.05) is 12.5 Å². The number of likely N-dealkylation sites (tertiary alicyclic amines) is 1. The van der Waals surface area contributed by atoms with Gasteiger partial charge in [0.2, 0.25) is 0 Å². The van der Waals surface area contributed by atoms with Gasteiger partial charge in [-0.3, -0.25) is 15.0 Å². The molecular formula is C16H22N4. The second-order valence-corrected chi connectivity index (χ2v) is 5.72. The number of aryl methyl sites for hydroxylation is 2. The van der Waals surface area contributed by atoms with E-state index in [-0.39, 0.29) is 0 Å². The van der Waals surface area contributed by atoms with Gasteiger partial charge in [0.15, 0.2) is 0 Å². The summed E-state index contributed by atoms with van der Waals surface area (Å²) in [6.07, 6.45) is 7.59. The lowest BCUT2D eigenvalue weighted by Gasteiger charge is -2.35. The quantitative estimate of drug-likeness (QED) is 0.932. The van der Waals surface area contributed by atoms with Crippen LogP contribution in [0.1, 0.15) is 47.8 Å². The van der Waals surface area contributed by atoms with Gasteiger partial charge in [0, 0.05) is 12.7 Å². The molecule has 0 amide bonds. The number of aromatic nitrogens is 3. The Labute approximate surface area is 120 Å². The molecule has 2 aromatic heterocycles. The molecule has 1 aliphatic rings. The van der Waals surface area contributed by atoms with Crippen molar-refractivity contribution < 1.29 is 0 Å². The van der Waals surface area contributed by atoms with Gasteiger partial charge in [-0.2, -0.15) is 5.10 Å². The van der Waals surface area contributed by atoms with Crippen molar-refractivity contribution in [2.24, 2.45) is 0 Å². The van der Waals surface area contributed by atoms with Gasteiger partial charge in [-0.05, 0) is 50.4 Å². The second kappa shape index (κ2) is 5.75. The molecule has 20 heavy (non-hydrogen) atoms. The van der Waals surface area contributed by atoms with E-state index in [1.807, 2.05) is 18.5 Å². The highest BCUT2D eigenvalue weighted by atomic mass is 15.2. The van der Waals surface area contributed by atoms with E-state index in [9.17, 15) is 0 Å². The smallest absolute Gasteiger partial charge is 0.0573 e. The monoisotopic (exact) mass is 270 g/mol. The Morgan fingerprint density at radius 1 is 1.30 bits per heavy atom. The molecule has 106 valence electrons. The van der Waals surface area contributed by atoms with Crippen LogP contribution in [0.2, 0.25) is 0 Å². The highest BCUT2D eigenvalue weighted by Crippen LogP contribution is 2.32. The van der Waals surface area contributed by atoms with Crippen LogP contribution in [0.4, 0.5) is 0 Å².